The molecule has 0 aliphatic heterocycles. The van der Waals surface area contributed by atoms with Crippen LogP contribution in [0, 0.1) is 18.3 Å². The van der Waals surface area contributed by atoms with Crippen LogP contribution in [0.4, 0.5) is 0 Å². The SMILES string of the molecule is Cc1cccc(OCCCC(C)(C#N)c2ccccc2)c1. The molecular weight excluding hydrogens is 258 g/mol. The van der Waals surface area contributed by atoms with E-state index in [1.165, 1.54) is 5.56 Å². The van der Waals surface area contributed by atoms with Gasteiger partial charge in [-0.15, -0.1) is 0 Å². The van der Waals surface area contributed by atoms with Crippen LogP contribution >= 0.6 is 0 Å². The molecule has 2 aromatic carbocycles. The monoisotopic (exact) mass is 279 g/mol. The van der Waals surface area contributed by atoms with E-state index < -0.39 is 5.41 Å². The average Bonchev–Trinajstić information content (AvgIpc) is 2.52. The van der Waals surface area contributed by atoms with Gasteiger partial charge in [0, 0.05) is 0 Å². The van der Waals surface area contributed by atoms with Crippen molar-refractivity contribution in [1.29, 1.82) is 5.26 Å². The summed E-state index contributed by atoms with van der Waals surface area (Å²) in [5, 5.41) is 9.50. The molecular formula is C19H21NO. The van der Waals surface area contributed by atoms with Gasteiger partial charge in [0.25, 0.3) is 0 Å². The second-order valence-corrected chi connectivity index (χ2v) is 5.58. The first kappa shape index (κ1) is 15.1. The van der Waals surface area contributed by atoms with Crippen molar-refractivity contribution in [3.63, 3.8) is 0 Å². The first-order valence-corrected chi connectivity index (χ1v) is 7.30. The van der Waals surface area contributed by atoms with Gasteiger partial charge < -0.3 is 4.74 Å². The second-order valence-electron chi connectivity index (χ2n) is 5.58. The number of benzene rings is 2. The molecule has 0 spiro atoms. The third kappa shape index (κ3) is 4.10. The number of aryl methyl sites for hydroxylation is 1. The number of hydrogen-bond acceptors (Lipinski definition) is 2. The Morgan fingerprint density at radius 1 is 1.10 bits per heavy atom. The van der Waals surface area contributed by atoms with E-state index in [4.69, 9.17) is 4.74 Å². The number of hydrogen-bond donors (Lipinski definition) is 0. The molecule has 0 bridgehead atoms. The van der Waals surface area contributed by atoms with E-state index in [0.29, 0.717) is 6.61 Å². The highest BCUT2D eigenvalue weighted by molar-refractivity contribution is 5.31. The predicted octanol–water partition coefficient (Wildman–Crippen LogP) is 4.64. The van der Waals surface area contributed by atoms with Crippen LogP contribution in [0.1, 0.15) is 30.9 Å². The van der Waals surface area contributed by atoms with E-state index in [1.807, 2.05) is 55.5 Å². The molecule has 21 heavy (non-hydrogen) atoms. The van der Waals surface area contributed by atoms with Crippen LogP contribution < -0.4 is 4.74 Å². The van der Waals surface area contributed by atoms with Crippen molar-refractivity contribution in [3.05, 3.63) is 65.7 Å². The Hall–Kier alpha value is -2.27. The highest BCUT2D eigenvalue weighted by Gasteiger charge is 2.25. The molecule has 0 aliphatic carbocycles. The van der Waals surface area contributed by atoms with Gasteiger partial charge in [0.05, 0.1) is 18.1 Å². The zero-order valence-corrected chi connectivity index (χ0v) is 12.7. The van der Waals surface area contributed by atoms with E-state index in [2.05, 4.69) is 19.1 Å². The van der Waals surface area contributed by atoms with Gasteiger partial charge in [-0.25, -0.2) is 0 Å². The van der Waals surface area contributed by atoms with Crippen molar-refractivity contribution >= 4 is 0 Å². The van der Waals surface area contributed by atoms with Crippen LogP contribution in [-0.2, 0) is 5.41 Å². The van der Waals surface area contributed by atoms with Crippen molar-refractivity contribution in [2.75, 3.05) is 6.61 Å². The summed E-state index contributed by atoms with van der Waals surface area (Å²) in [5.74, 6) is 0.897. The van der Waals surface area contributed by atoms with E-state index in [-0.39, 0.29) is 0 Å². The third-order valence-corrected chi connectivity index (χ3v) is 3.74. The maximum atomic E-state index is 9.50. The molecule has 2 heteroatoms. The number of ether oxygens (including phenoxy) is 1. The Morgan fingerprint density at radius 3 is 2.52 bits per heavy atom. The van der Waals surface area contributed by atoms with Crippen LogP contribution in [-0.4, -0.2) is 6.61 Å². The fourth-order valence-electron chi connectivity index (χ4n) is 2.39. The summed E-state index contributed by atoms with van der Waals surface area (Å²) in [6.45, 7) is 4.68. The van der Waals surface area contributed by atoms with Gasteiger partial charge in [0.15, 0.2) is 0 Å². The lowest BCUT2D eigenvalue weighted by atomic mass is 9.80. The summed E-state index contributed by atoms with van der Waals surface area (Å²) >= 11 is 0. The lowest BCUT2D eigenvalue weighted by Crippen LogP contribution is -2.20. The molecule has 2 nitrogen and oxygen atoms in total. The van der Waals surface area contributed by atoms with Crippen LogP contribution in [0.5, 0.6) is 5.75 Å². The smallest absolute Gasteiger partial charge is 0.119 e. The summed E-state index contributed by atoms with van der Waals surface area (Å²) in [4.78, 5) is 0. The number of nitrogens with zero attached hydrogens (tertiary/aromatic N) is 1. The van der Waals surface area contributed by atoms with Gasteiger partial charge in [0.2, 0.25) is 0 Å². The quantitative estimate of drug-likeness (QED) is 0.722. The Bertz CT molecular complexity index is 615. The Kier molecular flexibility index (Phi) is 5.00. The van der Waals surface area contributed by atoms with Crippen molar-refractivity contribution < 1.29 is 4.74 Å². The average molecular weight is 279 g/mol. The summed E-state index contributed by atoms with van der Waals surface area (Å²) < 4.78 is 5.75. The zero-order chi connectivity index (χ0) is 15.1. The molecule has 0 saturated heterocycles. The summed E-state index contributed by atoms with van der Waals surface area (Å²) in [6, 6.07) is 20.5. The molecule has 2 aromatic rings. The van der Waals surface area contributed by atoms with Crippen LogP contribution in [0.15, 0.2) is 54.6 Å². The Labute approximate surface area is 127 Å². The summed E-state index contributed by atoms with van der Waals surface area (Å²) in [7, 11) is 0. The minimum absolute atomic E-state index is 0.447. The fourth-order valence-corrected chi connectivity index (χ4v) is 2.39. The van der Waals surface area contributed by atoms with Gasteiger partial charge >= 0.3 is 0 Å². The highest BCUT2D eigenvalue weighted by Crippen LogP contribution is 2.28. The van der Waals surface area contributed by atoms with E-state index >= 15 is 0 Å². The van der Waals surface area contributed by atoms with E-state index in [1.54, 1.807) is 0 Å². The zero-order valence-electron chi connectivity index (χ0n) is 12.7. The van der Waals surface area contributed by atoms with Crippen LogP contribution in [0.2, 0.25) is 0 Å². The van der Waals surface area contributed by atoms with E-state index in [9.17, 15) is 5.26 Å². The van der Waals surface area contributed by atoms with Gasteiger partial charge in [-0.1, -0.05) is 42.5 Å². The predicted molar refractivity (Wildman–Crippen MR) is 85.3 cm³/mol. The van der Waals surface area contributed by atoms with Crippen LogP contribution in [0.25, 0.3) is 0 Å². The topological polar surface area (TPSA) is 33.0 Å². The molecule has 0 aromatic heterocycles. The third-order valence-electron chi connectivity index (χ3n) is 3.74. The molecule has 0 aliphatic rings. The molecule has 1 atom stereocenters. The molecule has 0 amide bonds. The van der Waals surface area contributed by atoms with Gasteiger partial charge in [-0.05, 0) is 49.9 Å². The summed E-state index contributed by atoms with van der Waals surface area (Å²) in [6.07, 6.45) is 1.65. The molecule has 0 fully saturated rings. The van der Waals surface area contributed by atoms with Crippen molar-refractivity contribution in [1.82, 2.24) is 0 Å². The van der Waals surface area contributed by atoms with Crippen LogP contribution in [0.3, 0.4) is 0 Å². The molecule has 1 unspecified atom stereocenters. The lowest BCUT2D eigenvalue weighted by molar-refractivity contribution is 0.295. The number of rotatable bonds is 6. The normalized spacial score (nSPS) is 13.2. The summed E-state index contributed by atoms with van der Waals surface area (Å²) in [5.41, 5.74) is 1.82. The van der Waals surface area contributed by atoms with E-state index in [0.717, 1.165) is 24.2 Å². The second kappa shape index (κ2) is 6.95. The molecule has 0 radical (unpaired) electrons. The first-order chi connectivity index (χ1) is 10.1. The van der Waals surface area contributed by atoms with Gasteiger partial charge in [0.1, 0.15) is 5.75 Å². The largest absolute Gasteiger partial charge is 0.494 e. The molecule has 2 rings (SSSR count). The first-order valence-electron chi connectivity index (χ1n) is 7.30. The van der Waals surface area contributed by atoms with Crippen molar-refractivity contribution in [2.24, 2.45) is 0 Å². The molecule has 0 heterocycles. The number of nitriles is 1. The Balaban J connectivity index is 1.88. The van der Waals surface area contributed by atoms with Gasteiger partial charge in [-0.3, -0.25) is 0 Å². The standard InChI is InChI=1S/C19H21NO/c1-16-8-6-11-18(14-16)21-13-7-12-19(2,15-20)17-9-4-3-5-10-17/h3-6,8-11,14H,7,12-13H2,1-2H3. The maximum absolute atomic E-state index is 9.50. The van der Waals surface area contributed by atoms with Crippen molar-refractivity contribution in [3.8, 4) is 11.8 Å². The minimum atomic E-state index is -0.447. The molecule has 108 valence electrons. The molecule has 0 saturated carbocycles. The van der Waals surface area contributed by atoms with Gasteiger partial charge in [-0.2, -0.15) is 5.26 Å². The lowest BCUT2D eigenvalue weighted by Gasteiger charge is -2.22. The minimum Gasteiger partial charge on any atom is -0.494 e. The molecule has 0 N–H and O–H groups in total. The van der Waals surface area contributed by atoms with Crippen molar-refractivity contribution in [2.45, 2.75) is 32.1 Å². The highest BCUT2D eigenvalue weighted by atomic mass is 16.5. The fraction of sp³-hybridized carbons (Fsp3) is 0.316. The maximum Gasteiger partial charge on any atom is 0.119 e. The Morgan fingerprint density at radius 2 is 1.86 bits per heavy atom.